The molecule has 5 nitrogen and oxygen atoms in total. The smallest absolute Gasteiger partial charge is 0.336 e. The second kappa shape index (κ2) is 5.71. The van der Waals surface area contributed by atoms with E-state index < -0.39 is 11.9 Å². The number of pyridine rings is 1. The van der Waals surface area contributed by atoms with E-state index in [1.807, 2.05) is 0 Å². The highest BCUT2D eigenvalue weighted by molar-refractivity contribution is 6.33. The topological polar surface area (TPSA) is 79.3 Å². The third-order valence-electron chi connectivity index (χ3n) is 2.75. The second-order valence-corrected chi connectivity index (χ2v) is 4.46. The summed E-state index contributed by atoms with van der Waals surface area (Å²) in [6.45, 7) is 1.77. The minimum atomic E-state index is -1.16. The molecule has 0 unspecified atom stereocenters. The van der Waals surface area contributed by atoms with Crippen molar-refractivity contribution >= 4 is 29.2 Å². The summed E-state index contributed by atoms with van der Waals surface area (Å²) in [5, 5.41) is 11.8. The number of nitrogens with one attached hydrogen (secondary N) is 1. The molecule has 2 N–H and O–H groups in total. The van der Waals surface area contributed by atoms with Gasteiger partial charge in [-0.15, -0.1) is 0 Å². The van der Waals surface area contributed by atoms with Crippen molar-refractivity contribution in [3.8, 4) is 0 Å². The van der Waals surface area contributed by atoms with E-state index >= 15 is 0 Å². The summed E-state index contributed by atoms with van der Waals surface area (Å²) in [6, 6.07) is 7.67. The van der Waals surface area contributed by atoms with Crippen molar-refractivity contribution in [3.63, 3.8) is 0 Å². The van der Waals surface area contributed by atoms with Crippen molar-refractivity contribution in [1.29, 1.82) is 0 Å². The van der Waals surface area contributed by atoms with E-state index in [9.17, 15) is 9.59 Å². The van der Waals surface area contributed by atoms with E-state index in [-0.39, 0.29) is 16.3 Å². The Kier molecular flexibility index (Phi) is 4.00. The number of rotatable bonds is 3. The van der Waals surface area contributed by atoms with E-state index in [2.05, 4.69) is 10.3 Å². The van der Waals surface area contributed by atoms with Crippen molar-refractivity contribution in [2.75, 3.05) is 5.32 Å². The quantitative estimate of drug-likeness (QED) is 0.852. The molecule has 1 aromatic heterocycles. The maximum Gasteiger partial charge on any atom is 0.336 e. The number of carboxylic acids is 1. The molecule has 1 amide bonds. The zero-order chi connectivity index (χ0) is 14.7. The van der Waals surface area contributed by atoms with Crippen LogP contribution >= 0.6 is 11.6 Å². The zero-order valence-electron chi connectivity index (χ0n) is 10.6. The first kappa shape index (κ1) is 14.0. The summed E-state index contributed by atoms with van der Waals surface area (Å²) in [5.74, 6) is -1.70. The highest BCUT2D eigenvalue weighted by Crippen LogP contribution is 2.23. The summed E-state index contributed by atoms with van der Waals surface area (Å²) in [6.07, 6.45) is 1.53. The van der Waals surface area contributed by atoms with Gasteiger partial charge in [0, 0.05) is 6.20 Å². The lowest BCUT2D eigenvalue weighted by Gasteiger charge is -2.10. The molecule has 1 heterocycles. The number of carboxylic acid groups (broad SMARTS) is 1. The molecule has 2 aromatic rings. The van der Waals surface area contributed by atoms with Crippen LogP contribution in [0.4, 0.5) is 5.69 Å². The number of aryl methyl sites for hydroxylation is 1. The van der Waals surface area contributed by atoms with E-state index in [0.29, 0.717) is 5.69 Å². The molecule has 0 saturated carbocycles. The Hall–Kier alpha value is -2.40. The molecule has 2 rings (SSSR count). The van der Waals surface area contributed by atoms with Crippen LogP contribution < -0.4 is 5.32 Å². The summed E-state index contributed by atoms with van der Waals surface area (Å²) in [7, 11) is 0. The van der Waals surface area contributed by atoms with E-state index in [4.69, 9.17) is 16.7 Å². The van der Waals surface area contributed by atoms with E-state index in [1.165, 1.54) is 18.3 Å². The maximum atomic E-state index is 12.2. The number of anilines is 1. The van der Waals surface area contributed by atoms with Gasteiger partial charge in [0.05, 0.1) is 16.8 Å². The van der Waals surface area contributed by atoms with Crippen LogP contribution in [-0.4, -0.2) is 22.0 Å². The highest BCUT2D eigenvalue weighted by atomic mass is 35.5. The summed E-state index contributed by atoms with van der Waals surface area (Å²) in [4.78, 5) is 27.2. The van der Waals surface area contributed by atoms with Gasteiger partial charge < -0.3 is 10.4 Å². The van der Waals surface area contributed by atoms with Gasteiger partial charge in [0.1, 0.15) is 0 Å². The predicted octanol–water partition coefficient (Wildman–Crippen LogP) is 2.99. The van der Waals surface area contributed by atoms with Gasteiger partial charge in [-0.3, -0.25) is 4.79 Å². The van der Waals surface area contributed by atoms with Gasteiger partial charge in [0.2, 0.25) is 0 Å². The van der Waals surface area contributed by atoms with Crippen LogP contribution in [-0.2, 0) is 0 Å². The second-order valence-electron chi connectivity index (χ2n) is 4.10. The number of amides is 1. The molecule has 0 aliphatic rings. The van der Waals surface area contributed by atoms with Crippen molar-refractivity contribution in [2.45, 2.75) is 6.92 Å². The van der Waals surface area contributed by atoms with Gasteiger partial charge in [-0.2, -0.15) is 0 Å². The number of aromatic nitrogens is 1. The fraction of sp³-hybridized carbons (Fsp3) is 0.0714. The Morgan fingerprint density at radius 3 is 2.45 bits per heavy atom. The number of carbonyl (C=O) groups excluding carboxylic acids is 1. The largest absolute Gasteiger partial charge is 0.478 e. The number of halogens is 1. The third kappa shape index (κ3) is 2.78. The maximum absolute atomic E-state index is 12.2. The number of hydrogen-bond donors (Lipinski definition) is 2. The van der Waals surface area contributed by atoms with Crippen LogP contribution in [0.3, 0.4) is 0 Å². The Labute approximate surface area is 120 Å². The molecule has 0 aliphatic heterocycles. The number of benzene rings is 1. The van der Waals surface area contributed by atoms with Crippen LogP contribution in [0.15, 0.2) is 36.5 Å². The first-order valence-electron chi connectivity index (χ1n) is 5.75. The summed E-state index contributed by atoms with van der Waals surface area (Å²) in [5.41, 5.74) is 1.12. The lowest BCUT2D eigenvalue weighted by Crippen LogP contribution is -2.17. The molecule has 0 fully saturated rings. The normalized spacial score (nSPS) is 10.1. The SMILES string of the molecule is Cc1ccnc(Cl)c1NC(=O)c1ccccc1C(=O)O. The van der Waals surface area contributed by atoms with Crippen LogP contribution in [0.2, 0.25) is 5.15 Å². The molecule has 102 valence electrons. The third-order valence-corrected chi connectivity index (χ3v) is 3.04. The van der Waals surface area contributed by atoms with Crippen molar-refractivity contribution in [2.24, 2.45) is 0 Å². The average molecular weight is 291 g/mol. The van der Waals surface area contributed by atoms with E-state index in [0.717, 1.165) is 5.56 Å². The van der Waals surface area contributed by atoms with Gasteiger partial charge in [-0.1, -0.05) is 23.7 Å². The average Bonchev–Trinajstić information content (AvgIpc) is 2.43. The van der Waals surface area contributed by atoms with Crippen molar-refractivity contribution in [3.05, 3.63) is 58.4 Å². The molecule has 0 bridgehead atoms. The fourth-order valence-electron chi connectivity index (χ4n) is 1.72. The molecule has 0 radical (unpaired) electrons. The van der Waals surface area contributed by atoms with Crippen LogP contribution in [0.5, 0.6) is 0 Å². The first-order chi connectivity index (χ1) is 9.50. The number of carbonyl (C=O) groups is 2. The van der Waals surface area contributed by atoms with Gasteiger partial charge in [-0.05, 0) is 30.7 Å². The molecule has 20 heavy (non-hydrogen) atoms. The highest BCUT2D eigenvalue weighted by Gasteiger charge is 2.17. The summed E-state index contributed by atoms with van der Waals surface area (Å²) < 4.78 is 0. The van der Waals surface area contributed by atoms with Crippen molar-refractivity contribution < 1.29 is 14.7 Å². The monoisotopic (exact) mass is 290 g/mol. The lowest BCUT2D eigenvalue weighted by atomic mass is 10.1. The molecule has 0 spiro atoms. The summed E-state index contributed by atoms with van der Waals surface area (Å²) >= 11 is 5.92. The Morgan fingerprint density at radius 2 is 1.85 bits per heavy atom. The van der Waals surface area contributed by atoms with Crippen LogP contribution in [0.1, 0.15) is 26.3 Å². The molecule has 0 atom stereocenters. The zero-order valence-corrected chi connectivity index (χ0v) is 11.3. The van der Waals surface area contributed by atoms with Gasteiger partial charge >= 0.3 is 5.97 Å². The minimum absolute atomic E-state index is 0.0670. The van der Waals surface area contributed by atoms with Crippen molar-refractivity contribution in [1.82, 2.24) is 4.98 Å². The number of nitrogens with zero attached hydrogens (tertiary/aromatic N) is 1. The van der Waals surface area contributed by atoms with Gasteiger partial charge in [0.25, 0.3) is 5.91 Å². The van der Waals surface area contributed by atoms with E-state index in [1.54, 1.807) is 25.1 Å². The lowest BCUT2D eigenvalue weighted by molar-refractivity contribution is 0.0692. The molecular weight excluding hydrogens is 280 g/mol. The fourth-order valence-corrected chi connectivity index (χ4v) is 1.98. The number of aromatic carboxylic acids is 1. The first-order valence-corrected chi connectivity index (χ1v) is 6.13. The minimum Gasteiger partial charge on any atom is -0.478 e. The Bertz CT molecular complexity index is 666. The Balaban J connectivity index is 2.36. The Morgan fingerprint density at radius 1 is 1.20 bits per heavy atom. The number of hydrogen-bond acceptors (Lipinski definition) is 3. The van der Waals surface area contributed by atoms with Crippen LogP contribution in [0.25, 0.3) is 0 Å². The van der Waals surface area contributed by atoms with Gasteiger partial charge in [-0.25, -0.2) is 9.78 Å². The predicted molar refractivity (Wildman–Crippen MR) is 75.3 cm³/mol. The molecule has 0 saturated heterocycles. The molecule has 6 heteroatoms. The van der Waals surface area contributed by atoms with Gasteiger partial charge in [0.15, 0.2) is 5.15 Å². The standard InChI is InChI=1S/C14H11ClN2O3/c1-8-6-7-16-12(15)11(8)17-13(18)9-4-2-3-5-10(9)14(19)20/h2-7H,1H3,(H,17,18)(H,19,20). The molecule has 0 aliphatic carbocycles. The van der Waals surface area contributed by atoms with Crippen LogP contribution in [0, 0.1) is 6.92 Å². The molecular formula is C14H11ClN2O3. The molecule has 1 aromatic carbocycles.